The number of carbonyl (C=O) groups is 1. The number of aliphatic hydroxyl groups is 2. The Morgan fingerprint density at radius 1 is 1.31 bits per heavy atom. The van der Waals surface area contributed by atoms with Gasteiger partial charge in [0, 0.05) is 11.5 Å². The van der Waals surface area contributed by atoms with Crippen LogP contribution in [0.25, 0.3) is 0 Å². The zero-order chi connectivity index (χ0) is 12.2. The number of amides is 1. The maximum Gasteiger partial charge on any atom is 0.302 e. The quantitative estimate of drug-likeness (QED) is 0.519. The van der Waals surface area contributed by atoms with Gasteiger partial charge in [0.15, 0.2) is 0 Å². The molecule has 0 atom stereocenters. The van der Waals surface area contributed by atoms with Crippen molar-refractivity contribution in [3.05, 3.63) is 35.9 Å². The van der Waals surface area contributed by atoms with E-state index in [9.17, 15) is 15.0 Å². The van der Waals surface area contributed by atoms with Crippen molar-refractivity contribution in [3.8, 4) is 0 Å². The second kappa shape index (κ2) is 5.07. The molecule has 0 saturated carbocycles. The molecule has 0 spiro atoms. The van der Waals surface area contributed by atoms with Gasteiger partial charge in [-0.05, 0) is 12.1 Å². The van der Waals surface area contributed by atoms with Crippen LogP contribution < -0.4 is 5.48 Å². The molecule has 0 fully saturated rings. The van der Waals surface area contributed by atoms with Gasteiger partial charge in [-0.15, -0.1) is 0 Å². The number of hydrogen-bond acceptors (Lipinski definition) is 4. The summed E-state index contributed by atoms with van der Waals surface area (Å²) < 4.78 is 0. The molecule has 0 aromatic heterocycles. The number of carbonyl (C=O) groups excluding carboxylic acids is 1. The lowest BCUT2D eigenvalue weighted by molar-refractivity contribution is -0.376. The SMILES string of the molecule is CC(C)C(O)(O)ONC(=O)c1ccccc1. The van der Waals surface area contributed by atoms with Gasteiger partial charge >= 0.3 is 5.97 Å². The predicted octanol–water partition coefficient (Wildman–Crippen LogP) is 0.642. The molecular formula is C11H15NO4. The van der Waals surface area contributed by atoms with Crippen LogP contribution in [-0.2, 0) is 4.84 Å². The van der Waals surface area contributed by atoms with E-state index < -0.39 is 17.8 Å². The van der Waals surface area contributed by atoms with Gasteiger partial charge in [0.1, 0.15) is 0 Å². The summed E-state index contributed by atoms with van der Waals surface area (Å²) in [7, 11) is 0. The molecule has 16 heavy (non-hydrogen) atoms. The number of benzene rings is 1. The zero-order valence-electron chi connectivity index (χ0n) is 9.18. The molecular weight excluding hydrogens is 210 g/mol. The summed E-state index contributed by atoms with van der Waals surface area (Å²) in [4.78, 5) is 16.0. The van der Waals surface area contributed by atoms with Crippen molar-refractivity contribution < 1.29 is 19.8 Å². The van der Waals surface area contributed by atoms with Crippen LogP contribution in [0.2, 0.25) is 0 Å². The van der Waals surface area contributed by atoms with Crippen LogP contribution in [0.5, 0.6) is 0 Å². The third kappa shape index (κ3) is 3.30. The smallest absolute Gasteiger partial charge is 0.302 e. The molecule has 1 amide bonds. The number of hydroxylamine groups is 1. The number of nitrogens with one attached hydrogen (secondary N) is 1. The van der Waals surface area contributed by atoms with Crippen LogP contribution >= 0.6 is 0 Å². The average molecular weight is 225 g/mol. The van der Waals surface area contributed by atoms with E-state index in [0.717, 1.165) is 0 Å². The molecule has 5 nitrogen and oxygen atoms in total. The molecule has 1 aromatic rings. The fraction of sp³-hybridized carbons (Fsp3) is 0.364. The molecule has 0 heterocycles. The van der Waals surface area contributed by atoms with Crippen LogP contribution in [0, 0.1) is 5.92 Å². The molecule has 1 aromatic carbocycles. The molecule has 0 aliphatic carbocycles. The summed E-state index contributed by atoms with van der Waals surface area (Å²) in [6.45, 7) is 3.10. The maximum atomic E-state index is 11.5. The lowest BCUT2D eigenvalue weighted by atomic mass is 10.2. The summed E-state index contributed by atoms with van der Waals surface area (Å²) in [5.41, 5.74) is 2.36. The molecule has 88 valence electrons. The summed E-state index contributed by atoms with van der Waals surface area (Å²) in [6, 6.07) is 8.34. The third-order valence-corrected chi connectivity index (χ3v) is 2.08. The van der Waals surface area contributed by atoms with E-state index in [1.807, 2.05) is 5.48 Å². The molecule has 5 heteroatoms. The van der Waals surface area contributed by atoms with E-state index in [1.54, 1.807) is 44.2 Å². The fourth-order valence-electron chi connectivity index (χ4n) is 0.888. The van der Waals surface area contributed by atoms with Gasteiger partial charge in [0.2, 0.25) is 0 Å². The van der Waals surface area contributed by atoms with Gasteiger partial charge in [-0.2, -0.15) is 0 Å². The first kappa shape index (κ1) is 12.6. The van der Waals surface area contributed by atoms with Gasteiger partial charge in [0.05, 0.1) is 0 Å². The highest BCUT2D eigenvalue weighted by atomic mass is 16.8. The van der Waals surface area contributed by atoms with Crippen LogP contribution in [-0.4, -0.2) is 22.1 Å². The Kier molecular flexibility index (Phi) is 4.00. The van der Waals surface area contributed by atoms with Crippen LogP contribution in [0.1, 0.15) is 24.2 Å². The fourth-order valence-corrected chi connectivity index (χ4v) is 0.888. The van der Waals surface area contributed by atoms with E-state index >= 15 is 0 Å². The van der Waals surface area contributed by atoms with Crippen molar-refractivity contribution in [3.63, 3.8) is 0 Å². The van der Waals surface area contributed by atoms with Crippen LogP contribution in [0.4, 0.5) is 0 Å². The normalized spacial score (nSPS) is 11.6. The third-order valence-electron chi connectivity index (χ3n) is 2.08. The first-order valence-electron chi connectivity index (χ1n) is 4.91. The van der Waals surface area contributed by atoms with Gasteiger partial charge in [0.25, 0.3) is 5.91 Å². The van der Waals surface area contributed by atoms with E-state index in [2.05, 4.69) is 4.84 Å². The van der Waals surface area contributed by atoms with Crippen molar-refractivity contribution in [1.29, 1.82) is 0 Å². The molecule has 1 rings (SSSR count). The van der Waals surface area contributed by atoms with Crippen molar-refractivity contribution in [2.45, 2.75) is 19.8 Å². The minimum Gasteiger partial charge on any atom is -0.342 e. The van der Waals surface area contributed by atoms with E-state index in [1.165, 1.54) is 0 Å². The maximum absolute atomic E-state index is 11.5. The predicted molar refractivity (Wildman–Crippen MR) is 57.0 cm³/mol. The zero-order valence-corrected chi connectivity index (χ0v) is 9.18. The Hall–Kier alpha value is -1.43. The number of hydrogen-bond donors (Lipinski definition) is 3. The minimum atomic E-state index is -2.37. The summed E-state index contributed by atoms with van der Waals surface area (Å²) in [6.07, 6.45) is 0. The van der Waals surface area contributed by atoms with E-state index in [0.29, 0.717) is 5.56 Å². The Morgan fingerprint density at radius 3 is 2.38 bits per heavy atom. The first-order chi connectivity index (χ1) is 7.43. The molecule has 3 N–H and O–H groups in total. The highest BCUT2D eigenvalue weighted by molar-refractivity contribution is 5.93. The summed E-state index contributed by atoms with van der Waals surface area (Å²) >= 11 is 0. The summed E-state index contributed by atoms with van der Waals surface area (Å²) in [5.74, 6) is -3.47. The van der Waals surface area contributed by atoms with Crippen molar-refractivity contribution in [2.75, 3.05) is 0 Å². The van der Waals surface area contributed by atoms with E-state index in [4.69, 9.17) is 0 Å². The second-order valence-corrected chi connectivity index (χ2v) is 3.71. The average Bonchev–Trinajstić information content (AvgIpc) is 2.27. The lowest BCUT2D eigenvalue weighted by Crippen LogP contribution is -2.44. The van der Waals surface area contributed by atoms with Gasteiger partial charge < -0.3 is 10.2 Å². The lowest BCUT2D eigenvalue weighted by Gasteiger charge is -2.24. The van der Waals surface area contributed by atoms with Crippen LogP contribution in [0.3, 0.4) is 0 Å². The van der Waals surface area contributed by atoms with Crippen molar-refractivity contribution in [1.82, 2.24) is 5.48 Å². The minimum absolute atomic E-state index is 0.377. The van der Waals surface area contributed by atoms with Crippen LogP contribution in [0.15, 0.2) is 30.3 Å². The van der Waals surface area contributed by atoms with Crippen molar-refractivity contribution >= 4 is 5.91 Å². The Morgan fingerprint density at radius 2 is 1.88 bits per heavy atom. The Balaban J connectivity index is 2.54. The molecule has 0 saturated heterocycles. The van der Waals surface area contributed by atoms with Gasteiger partial charge in [-0.25, -0.2) is 10.3 Å². The van der Waals surface area contributed by atoms with Gasteiger partial charge in [-0.1, -0.05) is 32.0 Å². The molecule has 0 bridgehead atoms. The second-order valence-electron chi connectivity index (χ2n) is 3.71. The van der Waals surface area contributed by atoms with E-state index in [-0.39, 0.29) is 0 Å². The topological polar surface area (TPSA) is 78.8 Å². The first-order valence-corrected chi connectivity index (χ1v) is 4.91. The molecule has 0 aliphatic heterocycles. The Bertz CT molecular complexity index is 348. The number of rotatable bonds is 4. The monoisotopic (exact) mass is 225 g/mol. The molecule has 0 aliphatic rings. The molecule has 0 unspecified atom stereocenters. The summed E-state index contributed by atoms with van der Waals surface area (Å²) in [5, 5.41) is 18.6. The highest BCUT2D eigenvalue weighted by Gasteiger charge is 2.30. The standard InChI is InChI=1S/C11H15NO4/c1-8(2)11(14,15)16-12-10(13)9-6-4-3-5-7-9/h3-8,14-15H,1-2H3,(H,12,13). The molecule has 0 radical (unpaired) electrons. The highest BCUT2D eigenvalue weighted by Crippen LogP contribution is 2.13. The van der Waals surface area contributed by atoms with Crippen molar-refractivity contribution in [2.24, 2.45) is 5.92 Å². The Labute approximate surface area is 93.6 Å². The largest absolute Gasteiger partial charge is 0.342 e. The van der Waals surface area contributed by atoms with Gasteiger partial charge in [-0.3, -0.25) is 4.79 Å².